The molecule has 0 spiro atoms. The molecular formula is C10H14FNO2S. The molecule has 84 valence electrons. The number of hydrogen-bond donors (Lipinski definition) is 1. The summed E-state index contributed by atoms with van der Waals surface area (Å²) < 4.78 is 33.1. The second kappa shape index (κ2) is 5.23. The van der Waals surface area contributed by atoms with Crippen LogP contribution < -0.4 is 5.32 Å². The Morgan fingerprint density at radius 3 is 2.40 bits per heavy atom. The third-order valence-electron chi connectivity index (χ3n) is 2.20. The minimum absolute atomic E-state index is 0.128. The van der Waals surface area contributed by atoms with Crippen LogP contribution >= 0.6 is 0 Å². The third-order valence-corrected chi connectivity index (χ3v) is 2.92. The lowest BCUT2D eigenvalue weighted by molar-refractivity contribution is 0.528. The Labute approximate surface area is 89.5 Å². The maximum absolute atomic E-state index is 12.3. The van der Waals surface area contributed by atoms with Gasteiger partial charge in [-0.3, -0.25) is 0 Å². The molecule has 0 radical (unpaired) electrons. The van der Waals surface area contributed by atoms with Crippen molar-refractivity contribution >= 4 is 10.2 Å². The quantitative estimate of drug-likeness (QED) is 0.783. The van der Waals surface area contributed by atoms with Gasteiger partial charge in [-0.25, -0.2) is 0 Å². The maximum atomic E-state index is 12.3. The first-order valence-electron chi connectivity index (χ1n) is 4.67. The van der Waals surface area contributed by atoms with Crippen LogP contribution in [0.5, 0.6) is 0 Å². The minimum atomic E-state index is -4.38. The summed E-state index contributed by atoms with van der Waals surface area (Å²) in [5.41, 5.74) is 0.962. The van der Waals surface area contributed by atoms with E-state index in [2.05, 4.69) is 5.32 Å². The Balaban J connectivity index is 2.66. The van der Waals surface area contributed by atoms with Crippen molar-refractivity contribution in [1.29, 1.82) is 0 Å². The first-order valence-corrected chi connectivity index (χ1v) is 6.23. The van der Waals surface area contributed by atoms with Gasteiger partial charge in [0, 0.05) is 6.04 Å². The highest BCUT2D eigenvalue weighted by molar-refractivity contribution is 7.86. The van der Waals surface area contributed by atoms with E-state index < -0.39 is 16.0 Å². The number of halogens is 1. The summed E-state index contributed by atoms with van der Waals surface area (Å²) in [4.78, 5) is 0. The highest BCUT2D eigenvalue weighted by atomic mass is 32.3. The van der Waals surface area contributed by atoms with Gasteiger partial charge in [-0.05, 0) is 19.0 Å². The van der Waals surface area contributed by atoms with Crippen LogP contribution in [0.3, 0.4) is 0 Å². The van der Waals surface area contributed by atoms with Crippen LogP contribution in [0.4, 0.5) is 3.89 Å². The number of hydrogen-bond acceptors (Lipinski definition) is 3. The predicted octanol–water partition coefficient (Wildman–Crippen LogP) is 1.64. The second-order valence-corrected chi connectivity index (χ2v) is 4.77. The van der Waals surface area contributed by atoms with Crippen LogP contribution in [0.1, 0.15) is 18.0 Å². The second-order valence-electron chi connectivity index (χ2n) is 3.28. The zero-order chi connectivity index (χ0) is 11.3. The van der Waals surface area contributed by atoms with E-state index in [1.54, 1.807) is 7.05 Å². The molecule has 0 saturated heterocycles. The van der Waals surface area contributed by atoms with Gasteiger partial charge in [-0.1, -0.05) is 30.3 Å². The zero-order valence-electron chi connectivity index (χ0n) is 8.48. The van der Waals surface area contributed by atoms with Crippen molar-refractivity contribution in [2.24, 2.45) is 0 Å². The van der Waals surface area contributed by atoms with E-state index in [0.717, 1.165) is 5.56 Å². The summed E-state index contributed by atoms with van der Waals surface area (Å²) in [5.74, 6) is -0.451. The Hall–Kier alpha value is -0.940. The smallest absolute Gasteiger partial charge is 0.302 e. The highest BCUT2D eigenvalue weighted by Crippen LogP contribution is 2.16. The molecule has 0 aliphatic heterocycles. The normalized spacial score (nSPS) is 13.7. The van der Waals surface area contributed by atoms with Gasteiger partial charge >= 0.3 is 10.2 Å². The maximum Gasteiger partial charge on any atom is 0.302 e. The van der Waals surface area contributed by atoms with Crippen molar-refractivity contribution in [3.05, 3.63) is 35.9 Å². The molecule has 3 nitrogen and oxygen atoms in total. The topological polar surface area (TPSA) is 46.2 Å². The van der Waals surface area contributed by atoms with Crippen molar-refractivity contribution in [3.63, 3.8) is 0 Å². The van der Waals surface area contributed by atoms with E-state index in [1.807, 2.05) is 30.3 Å². The first-order chi connectivity index (χ1) is 7.03. The highest BCUT2D eigenvalue weighted by Gasteiger charge is 2.14. The van der Waals surface area contributed by atoms with Gasteiger partial charge < -0.3 is 5.32 Å². The van der Waals surface area contributed by atoms with Crippen LogP contribution in [-0.4, -0.2) is 21.2 Å². The predicted molar refractivity (Wildman–Crippen MR) is 57.8 cm³/mol. The Morgan fingerprint density at radius 2 is 1.93 bits per heavy atom. The molecular weight excluding hydrogens is 217 g/mol. The Kier molecular flexibility index (Phi) is 4.23. The third kappa shape index (κ3) is 4.40. The fraction of sp³-hybridized carbons (Fsp3) is 0.400. The molecule has 15 heavy (non-hydrogen) atoms. The summed E-state index contributed by atoms with van der Waals surface area (Å²) in [7, 11) is -2.65. The van der Waals surface area contributed by atoms with Gasteiger partial charge in [0.05, 0.1) is 5.75 Å². The van der Waals surface area contributed by atoms with Gasteiger partial charge in [0.25, 0.3) is 0 Å². The largest absolute Gasteiger partial charge is 0.313 e. The van der Waals surface area contributed by atoms with E-state index in [0.29, 0.717) is 0 Å². The summed E-state index contributed by atoms with van der Waals surface area (Å²) in [6.07, 6.45) is 0.235. The van der Waals surface area contributed by atoms with Crippen LogP contribution in [0.2, 0.25) is 0 Å². The SMILES string of the molecule is CNC(CCS(=O)(=O)F)c1ccccc1. The molecule has 0 heterocycles. The molecule has 0 aliphatic rings. The van der Waals surface area contributed by atoms with Crippen molar-refractivity contribution < 1.29 is 12.3 Å². The summed E-state index contributed by atoms with van der Waals surface area (Å²) in [6.45, 7) is 0. The van der Waals surface area contributed by atoms with Crippen molar-refractivity contribution in [2.45, 2.75) is 12.5 Å². The lowest BCUT2D eigenvalue weighted by Gasteiger charge is -2.15. The average Bonchev–Trinajstić information content (AvgIpc) is 2.19. The standard InChI is InChI=1S/C10H14FNO2S/c1-12-10(7-8-15(11,13)14)9-5-3-2-4-6-9/h2-6,10,12H,7-8H2,1H3. The lowest BCUT2D eigenvalue weighted by atomic mass is 10.1. The molecule has 0 fully saturated rings. The van der Waals surface area contributed by atoms with Crippen LogP contribution in [0.25, 0.3) is 0 Å². The molecule has 1 unspecified atom stereocenters. The lowest BCUT2D eigenvalue weighted by Crippen LogP contribution is -2.19. The molecule has 5 heteroatoms. The summed E-state index contributed by atoms with van der Waals surface area (Å²) >= 11 is 0. The number of nitrogens with one attached hydrogen (secondary N) is 1. The van der Waals surface area contributed by atoms with E-state index in [1.165, 1.54) is 0 Å². The van der Waals surface area contributed by atoms with Gasteiger partial charge in [-0.2, -0.15) is 8.42 Å². The molecule has 0 aliphatic carbocycles. The van der Waals surface area contributed by atoms with Crippen LogP contribution in [0.15, 0.2) is 30.3 Å². The summed E-state index contributed by atoms with van der Waals surface area (Å²) in [5, 5.41) is 2.96. The van der Waals surface area contributed by atoms with Crippen LogP contribution in [-0.2, 0) is 10.2 Å². The zero-order valence-corrected chi connectivity index (χ0v) is 9.30. The molecule has 0 saturated carbocycles. The first kappa shape index (κ1) is 12.1. The Bertz CT molecular complexity index is 391. The van der Waals surface area contributed by atoms with Crippen molar-refractivity contribution in [1.82, 2.24) is 5.32 Å². The molecule has 0 amide bonds. The van der Waals surface area contributed by atoms with E-state index in [-0.39, 0.29) is 12.5 Å². The van der Waals surface area contributed by atoms with Crippen molar-refractivity contribution in [3.8, 4) is 0 Å². The molecule has 0 bridgehead atoms. The molecule has 1 aromatic carbocycles. The van der Waals surface area contributed by atoms with Crippen molar-refractivity contribution in [2.75, 3.05) is 12.8 Å². The molecule has 1 atom stereocenters. The van der Waals surface area contributed by atoms with E-state index in [4.69, 9.17) is 0 Å². The monoisotopic (exact) mass is 231 g/mol. The fourth-order valence-corrected chi connectivity index (χ4v) is 1.94. The molecule has 0 aromatic heterocycles. The minimum Gasteiger partial charge on any atom is -0.313 e. The number of rotatable bonds is 5. The fourth-order valence-electron chi connectivity index (χ4n) is 1.42. The van der Waals surface area contributed by atoms with E-state index >= 15 is 0 Å². The van der Waals surface area contributed by atoms with Crippen LogP contribution in [0, 0.1) is 0 Å². The van der Waals surface area contributed by atoms with E-state index in [9.17, 15) is 12.3 Å². The Morgan fingerprint density at radius 1 is 1.33 bits per heavy atom. The molecule has 1 aromatic rings. The molecule has 1 rings (SSSR count). The van der Waals surface area contributed by atoms with Gasteiger partial charge in [0.1, 0.15) is 0 Å². The van der Waals surface area contributed by atoms with Gasteiger partial charge in [0.2, 0.25) is 0 Å². The average molecular weight is 231 g/mol. The summed E-state index contributed by atoms with van der Waals surface area (Å²) in [6, 6.07) is 9.24. The number of benzene rings is 1. The van der Waals surface area contributed by atoms with Gasteiger partial charge in [0.15, 0.2) is 0 Å². The molecule has 1 N–H and O–H groups in total. The van der Waals surface area contributed by atoms with Gasteiger partial charge in [-0.15, -0.1) is 3.89 Å².